The third-order valence-corrected chi connectivity index (χ3v) is 3.29. The fourth-order valence-electron chi connectivity index (χ4n) is 2.01. The van der Waals surface area contributed by atoms with Gasteiger partial charge >= 0.3 is 0 Å². The molecule has 100 valence electrons. The second-order valence-electron chi connectivity index (χ2n) is 4.15. The number of benzene rings is 2. The summed E-state index contributed by atoms with van der Waals surface area (Å²) < 4.78 is 26.2. The van der Waals surface area contributed by atoms with Crippen LogP contribution >= 0.6 is 11.6 Å². The third-order valence-electron chi connectivity index (χ3n) is 2.96. The van der Waals surface area contributed by atoms with Crippen LogP contribution in [0.2, 0.25) is 5.02 Å². The molecule has 5 heteroatoms. The standard InChI is InChI=1S/C14H12ClF2NO/c15-10-2-1-3-13(18)14(10)9(7-19)8-4-5-11(16)12(17)6-8/h1-6,9,19H,7,18H2. The van der Waals surface area contributed by atoms with E-state index in [1.807, 2.05) is 0 Å². The van der Waals surface area contributed by atoms with Gasteiger partial charge in [0.25, 0.3) is 0 Å². The van der Waals surface area contributed by atoms with Crippen molar-refractivity contribution < 1.29 is 13.9 Å². The highest BCUT2D eigenvalue weighted by molar-refractivity contribution is 6.31. The van der Waals surface area contributed by atoms with Gasteiger partial charge in [0.2, 0.25) is 0 Å². The van der Waals surface area contributed by atoms with Gasteiger partial charge in [0, 0.05) is 22.2 Å². The number of halogens is 3. The number of aliphatic hydroxyl groups excluding tert-OH is 1. The lowest BCUT2D eigenvalue weighted by molar-refractivity contribution is 0.280. The molecule has 0 aromatic heterocycles. The van der Waals surface area contributed by atoms with Crippen LogP contribution in [-0.4, -0.2) is 11.7 Å². The van der Waals surface area contributed by atoms with Crippen LogP contribution in [0.5, 0.6) is 0 Å². The van der Waals surface area contributed by atoms with Crippen molar-refractivity contribution in [2.75, 3.05) is 12.3 Å². The summed E-state index contributed by atoms with van der Waals surface area (Å²) in [6.45, 7) is -0.307. The first-order chi connectivity index (χ1) is 9.04. The second-order valence-corrected chi connectivity index (χ2v) is 4.56. The highest BCUT2D eigenvalue weighted by Gasteiger charge is 2.20. The quantitative estimate of drug-likeness (QED) is 0.849. The molecular formula is C14H12ClF2NO. The van der Waals surface area contributed by atoms with Crippen LogP contribution in [0.4, 0.5) is 14.5 Å². The molecule has 0 fully saturated rings. The molecule has 0 saturated heterocycles. The molecule has 0 spiro atoms. The Morgan fingerprint density at radius 2 is 1.89 bits per heavy atom. The molecule has 3 N–H and O–H groups in total. The number of aliphatic hydroxyl groups is 1. The van der Waals surface area contributed by atoms with Crippen molar-refractivity contribution in [3.8, 4) is 0 Å². The van der Waals surface area contributed by atoms with Crippen molar-refractivity contribution in [1.82, 2.24) is 0 Å². The van der Waals surface area contributed by atoms with Crippen LogP contribution in [0.3, 0.4) is 0 Å². The summed E-state index contributed by atoms with van der Waals surface area (Å²) in [7, 11) is 0. The van der Waals surface area contributed by atoms with Gasteiger partial charge in [0.15, 0.2) is 11.6 Å². The lowest BCUT2D eigenvalue weighted by Gasteiger charge is -2.19. The molecule has 0 aliphatic heterocycles. The summed E-state index contributed by atoms with van der Waals surface area (Å²) in [6, 6.07) is 8.42. The van der Waals surface area contributed by atoms with Gasteiger partial charge in [-0.25, -0.2) is 8.78 Å². The minimum Gasteiger partial charge on any atom is -0.398 e. The van der Waals surface area contributed by atoms with E-state index in [0.717, 1.165) is 12.1 Å². The summed E-state index contributed by atoms with van der Waals surface area (Å²) >= 11 is 6.07. The predicted octanol–water partition coefficient (Wildman–Crippen LogP) is 3.32. The zero-order chi connectivity index (χ0) is 14.0. The Labute approximate surface area is 114 Å². The normalized spacial score (nSPS) is 12.4. The smallest absolute Gasteiger partial charge is 0.159 e. The fourth-order valence-corrected chi connectivity index (χ4v) is 2.33. The van der Waals surface area contributed by atoms with Crippen LogP contribution in [0.15, 0.2) is 36.4 Å². The highest BCUT2D eigenvalue weighted by Crippen LogP contribution is 2.34. The van der Waals surface area contributed by atoms with Crippen LogP contribution < -0.4 is 5.73 Å². The highest BCUT2D eigenvalue weighted by atomic mass is 35.5. The number of nitrogens with two attached hydrogens (primary N) is 1. The van der Waals surface area contributed by atoms with E-state index in [9.17, 15) is 13.9 Å². The minimum absolute atomic E-state index is 0.307. The largest absolute Gasteiger partial charge is 0.398 e. The first-order valence-electron chi connectivity index (χ1n) is 5.64. The molecule has 0 saturated carbocycles. The number of hydrogen-bond donors (Lipinski definition) is 2. The number of rotatable bonds is 3. The van der Waals surface area contributed by atoms with E-state index in [-0.39, 0.29) is 6.61 Å². The fraction of sp³-hybridized carbons (Fsp3) is 0.143. The number of nitrogen functional groups attached to an aromatic ring is 1. The maximum atomic E-state index is 13.3. The predicted molar refractivity (Wildman–Crippen MR) is 71.2 cm³/mol. The first-order valence-corrected chi connectivity index (χ1v) is 6.02. The van der Waals surface area contributed by atoms with E-state index in [2.05, 4.69) is 0 Å². The topological polar surface area (TPSA) is 46.2 Å². The van der Waals surface area contributed by atoms with Crippen molar-refractivity contribution >= 4 is 17.3 Å². The summed E-state index contributed by atoms with van der Waals surface area (Å²) in [5.41, 5.74) is 7.17. The summed E-state index contributed by atoms with van der Waals surface area (Å²) in [5.74, 6) is -2.50. The lowest BCUT2D eigenvalue weighted by atomic mass is 9.90. The molecule has 2 aromatic rings. The van der Waals surface area contributed by atoms with E-state index in [1.54, 1.807) is 18.2 Å². The van der Waals surface area contributed by atoms with Crippen molar-refractivity contribution in [1.29, 1.82) is 0 Å². The molecule has 1 atom stereocenters. The Morgan fingerprint density at radius 1 is 1.16 bits per heavy atom. The SMILES string of the molecule is Nc1cccc(Cl)c1C(CO)c1ccc(F)c(F)c1. The maximum Gasteiger partial charge on any atom is 0.159 e. The Bertz CT molecular complexity index is 584. The Morgan fingerprint density at radius 3 is 2.47 bits per heavy atom. The number of anilines is 1. The summed E-state index contributed by atoms with van der Waals surface area (Å²) in [6.07, 6.45) is 0. The van der Waals surface area contributed by atoms with E-state index >= 15 is 0 Å². The van der Waals surface area contributed by atoms with Gasteiger partial charge in [-0.1, -0.05) is 23.7 Å². The summed E-state index contributed by atoms with van der Waals surface area (Å²) in [4.78, 5) is 0. The van der Waals surface area contributed by atoms with Crippen LogP contribution in [-0.2, 0) is 0 Å². The van der Waals surface area contributed by atoms with Gasteiger partial charge in [0.05, 0.1) is 6.61 Å². The van der Waals surface area contributed by atoms with E-state index in [1.165, 1.54) is 6.07 Å². The second kappa shape index (κ2) is 5.55. The molecule has 0 bridgehead atoms. The number of hydrogen-bond acceptors (Lipinski definition) is 2. The molecular weight excluding hydrogens is 272 g/mol. The first kappa shape index (κ1) is 13.8. The lowest BCUT2D eigenvalue weighted by Crippen LogP contribution is -2.10. The Hall–Kier alpha value is -1.65. The zero-order valence-electron chi connectivity index (χ0n) is 9.91. The summed E-state index contributed by atoms with van der Waals surface area (Å²) in [5, 5.41) is 9.89. The monoisotopic (exact) mass is 283 g/mol. The molecule has 0 radical (unpaired) electrons. The van der Waals surface area contributed by atoms with Crippen LogP contribution in [0.25, 0.3) is 0 Å². The average Bonchev–Trinajstić information content (AvgIpc) is 2.37. The molecule has 1 unspecified atom stereocenters. The van der Waals surface area contributed by atoms with Gasteiger partial charge in [-0.15, -0.1) is 0 Å². The molecule has 19 heavy (non-hydrogen) atoms. The van der Waals surface area contributed by atoms with E-state index < -0.39 is 17.6 Å². The molecule has 0 amide bonds. The van der Waals surface area contributed by atoms with E-state index in [4.69, 9.17) is 17.3 Å². The molecule has 2 nitrogen and oxygen atoms in total. The molecule has 0 aliphatic rings. The van der Waals surface area contributed by atoms with Gasteiger partial charge in [0.1, 0.15) is 0 Å². The van der Waals surface area contributed by atoms with Crippen molar-refractivity contribution in [2.24, 2.45) is 0 Å². The van der Waals surface area contributed by atoms with Crippen molar-refractivity contribution in [2.45, 2.75) is 5.92 Å². The molecule has 0 aliphatic carbocycles. The van der Waals surface area contributed by atoms with Crippen molar-refractivity contribution in [3.63, 3.8) is 0 Å². The van der Waals surface area contributed by atoms with Gasteiger partial charge in [-0.2, -0.15) is 0 Å². The van der Waals surface area contributed by atoms with E-state index in [0.29, 0.717) is 21.8 Å². The average molecular weight is 284 g/mol. The third kappa shape index (κ3) is 2.69. The zero-order valence-corrected chi connectivity index (χ0v) is 10.7. The molecule has 2 aromatic carbocycles. The van der Waals surface area contributed by atoms with Crippen molar-refractivity contribution in [3.05, 3.63) is 64.2 Å². The van der Waals surface area contributed by atoms with Gasteiger partial charge < -0.3 is 10.8 Å². The molecule has 2 rings (SSSR count). The Kier molecular flexibility index (Phi) is 4.02. The van der Waals surface area contributed by atoms with Crippen LogP contribution in [0, 0.1) is 11.6 Å². The van der Waals surface area contributed by atoms with Gasteiger partial charge in [-0.05, 0) is 29.8 Å². The van der Waals surface area contributed by atoms with Gasteiger partial charge in [-0.3, -0.25) is 0 Å². The maximum absolute atomic E-state index is 13.3. The minimum atomic E-state index is -0.971. The van der Waals surface area contributed by atoms with Crippen LogP contribution in [0.1, 0.15) is 17.0 Å². The Balaban J connectivity index is 2.53. The molecule has 0 heterocycles.